The van der Waals surface area contributed by atoms with Crippen LogP contribution in [0.4, 0.5) is 0 Å². The van der Waals surface area contributed by atoms with Gasteiger partial charge in [-0.2, -0.15) is 0 Å². The van der Waals surface area contributed by atoms with E-state index in [0.717, 1.165) is 19.4 Å². The van der Waals surface area contributed by atoms with Gasteiger partial charge in [0.05, 0.1) is 11.6 Å². The summed E-state index contributed by atoms with van der Waals surface area (Å²) < 4.78 is 0. The van der Waals surface area contributed by atoms with E-state index in [4.69, 9.17) is 0 Å². The lowest BCUT2D eigenvalue weighted by molar-refractivity contribution is -0.124. The van der Waals surface area contributed by atoms with E-state index in [1.807, 2.05) is 6.92 Å². The first-order chi connectivity index (χ1) is 7.46. The zero-order valence-electron chi connectivity index (χ0n) is 10.5. The van der Waals surface area contributed by atoms with E-state index >= 15 is 0 Å². The minimum Gasteiger partial charge on any atom is -0.388 e. The maximum Gasteiger partial charge on any atom is 0.237 e. The maximum atomic E-state index is 11.8. The number of aliphatic hydroxyl groups is 1. The lowest BCUT2D eigenvalue weighted by Gasteiger charge is -2.24. The second kappa shape index (κ2) is 5.64. The summed E-state index contributed by atoms with van der Waals surface area (Å²) in [7, 11) is 0. The fourth-order valence-electron chi connectivity index (χ4n) is 2.20. The zero-order chi connectivity index (χ0) is 12.2. The Morgan fingerprint density at radius 2 is 2.31 bits per heavy atom. The van der Waals surface area contributed by atoms with Crippen LogP contribution in [0.2, 0.25) is 0 Å². The monoisotopic (exact) mass is 228 g/mol. The van der Waals surface area contributed by atoms with Crippen LogP contribution in [0, 0.1) is 5.92 Å². The highest BCUT2D eigenvalue weighted by molar-refractivity contribution is 5.82. The Hall–Kier alpha value is -0.610. The molecule has 0 saturated carbocycles. The van der Waals surface area contributed by atoms with Gasteiger partial charge in [0.1, 0.15) is 0 Å². The molecule has 1 heterocycles. The molecule has 94 valence electrons. The first-order valence-electron chi connectivity index (χ1n) is 6.20. The Morgan fingerprint density at radius 1 is 1.62 bits per heavy atom. The van der Waals surface area contributed by atoms with E-state index in [-0.39, 0.29) is 11.9 Å². The summed E-state index contributed by atoms with van der Waals surface area (Å²) in [5.74, 6) is 0.400. The molecule has 3 atom stereocenters. The van der Waals surface area contributed by atoms with Crippen molar-refractivity contribution in [3.8, 4) is 0 Å². The fourth-order valence-corrected chi connectivity index (χ4v) is 2.20. The number of amides is 1. The van der Waals surface area contributed by atoms with Crippen molar-refractivity contribution in [1.29, 1.82) is 0 Å². The molecule has 4 heteroatoms. The van der Waals surface area contributed by atoms with Gasteiger partial charge in [-0.15, -0.1) is 0 Å². The van der Waals surface area contributed by atoms with Crippen molar-refractivity contribution in [3.63, 3.8) is 0 Å². The highest BCUT2D eigenvalue weighted by atomic mass is 16.3. The second-order valence-electron chi connectivity index (χ2n) is 5.16. The van der Waals surface area contributed by atoms with Gasteiger partial charge in [-0.3, -0.25) is 4.79 Å². The second-order valence-corrected chi connectivity index (χ2v) is 5.16. The Kier molecular flexibility index (Phi) is 4.74. The highest BCUT2D eigenvalue weighted by Gasteiger charge is 2.30. The summed E-state index contributed by atoms with van der Waals surface area (Å²) in [6, 6.07) is -0.0857. The van der Waals surface area contributed by atoms with Gasteiger partial charge >= 0.3 is 0 Å². The van der Waals surface area contributed by atoms with Gasteiger partial charge in [0, 0.05) is 6.54 Å². The van der Waals surface area contributed by atoms with E-state index in [9.17, 15) is 9.90 Å². The predicted octanol–water partition coefficient (Wildman–Crippen LogP) is 0.652. The molecule has 0 aromatic rings. The van der Waals surface area contributed by atoms with Crippen LogP contribution in [0.1, 0.15) is 40.0 Å². The lowest BCUT2D eigenvalue weighted by atomic mass is 9.99. The number of rotatable bonds is 5. The molecule has 1 fully saturated rings. The summed E-state index contributed by atoms with van der Waals surface area (Å²) in [6.07, 6.45) is 2.67. The van der Waals surface area contributed by atoms with Crippen molar-refractivity contribution < 1.29 is 9.90 Å². The molecular formula is C12H24N2O2. The van der Waals surface area contributed by atoms with Crippen molar-refractivity contribution in [2.45, 2.75) is 51.7 Å². The third-order valence-electron chi connectivity index (χ3n) is 3.25. The molecule has 1 aliphatic rings. The summed E-state index contributed by atoms with van der Waals surface area (Å²) in [6.45, 7) is 7.11. The van der Waals surface area contributed by atoms with Crippen LogP contribution in [0.3, 0.4) is 0 Å². The van der Waals surface area contributed by atoms with Crippen LogP contribution < -0.4 is 10.6 Å². The normalized spacial score (nSPS) is 28.8. The standard InChI is InChI=1S/C12H24N2O2/c1-4-6-12(3,16)8-14-11(15)10-9(2)5-7-13-10/h9-10,13,16H,4-8H2,1-3H3,(H,14,15). The highest BCUT2D eigenvalue weighted by Crippen LogP contribution is 2.15. The summed E-state index contributed by atoms with van der Waals surface area (Å²) in [4.78, 5) is 11.8. The van der Waals surface area contributed by atoms with E-state index in [1.165, 1.54) is 0 Å². The summed E-state index contributed by atoms with van der Waals surface area (Å²) in [5.41, 5.74) is -0.785. The van der Waals surface area contributed by atoms with E-state index in [2.05, 4.69) is 17.6 Å². The molecule has 3 unspecified atom stereocenters. The molecule has 3 N–H and O–H groups in total. The van der Waals surface area contributed by atoms with Crippen molar-refractivity contribution in [2.24, 2.45) is 5.92 Å². The van der Waals surface area contributed by atoms with Crippen LogP contribution in [-0.4, -0.2) is 35.7 Å². The first-order valence-corrected chi connectivity index (χ1v) is 6.20. The molecule has 1 rings (SSSR count). The summed E-state index contributed by atoms with van der Waals surface area (Å²) in [5, 5.41) is 15.9. The van der Waals surface area contributed by atoms with Crippen LogP contribution in [0.15, 0.2) is 0 Å². The molecule has 0 spiro atoms. The molecular weight excluding hydrogens is 204 g/mol. The van der Waals surface area contributed by atoms with Gasteiger partial charge in [0.25, 0.3) is 0 Å². The Balaban J connectivity index is 2.34. The number of carbonyl (C=O) groups is 1. The minimum absolute atomic E-state index is 0.0152. The first kappa shape index (κ1) is 13.5. The number of nitrogens with one attached hydrogen (secondary N) is 2. The molecule has 4 nitrogen and oxygen atoms in total. The molecule has 1 saturated heterocycles. The molecule has 1 aliphatic heterocycles. The maximum absolute atomic E-state index is 11.8. The number of hydrogen-bond acceptors (Lipinski definition) is 3. The SMILES string of the molecule is CCCC(C)(O)CNC(=O)C1NCCC1C. The molecule has 16 heavy (non-hydrogen) atoms. The van der Waals surface area contributed by atoms with Crippen molar-refractivity contribution in [3.05, 3.63) is 0 Å². The molecule has 0 aromatic carbocycles. The Morgan fingerprint density at radius 3 is 2.81 bits per heavy atom. The van der Waals surface area contributed by atoms with E-state index < -0.39 is 5.60 Å². The minimum atomic E-state index is -0.785. The average Bonchev–Trinajstić information content (AvgIpc) is 2.61. The average molecular weight is 228 g/mol. The third kappa shape index (κ3) is 3.76. The molecule has 0 aliphatic carbocycles. The number of hydrogen-bond donors (Lipinski definition) is 3. The van der Waals surface area contributed by atoms with Crippen LogP contribution in [0.25, 0.3) is 0 Å². The molecule has 0 bridgehead atoms. The predicted molar refractivity (Wildman–Crippen MR) is 64.1 cm³/mol. The quantitative estimate of drug-likeness (QED) is 0.647. The smallest absolute Gasteiger partial charge is 0.237 e. The molecule has 1 amide bonds. The van der Waals surface area contributed by atoms with Gasteiger partial charge in [0.15, 0.2) is 0 Å². The van der Waals surface area contributed by atoms with Crippen molar-refractivity contribution in [2.75, 3.05) is 13.1 Å². The van der Waals surface area contributed by atoms with E-state index in [0.29, 0.717) is 18.9 Å². The van der Waals surface area contributed by atoms with Crippen LogP contribution in [-0.2, 0) is 4.79 Å². The van der Waals surface area contributed by atoms with Crippen LogP contribution in [0.5, 0.6) is 0 Å². The Labute approximate surface area is 97.8 Å². The van der Waals surface area contributed by atoms with Crippen LogP contribution >= 0.6 is 0 Å². The van der Waals surface area contributed by atoms with Gasteiger partial charge in [-0.1, -0.05) is 20.3 Å². The molecule has 0 radical (unpaired) electrons. The van der Waals surface area contributed by atoms with Crippen molar-refractivity contribution in [1.82, 2.24) is 10.6 Å². The summed E-state index contributed by atoms with van der Waals surface area (Å²) >= 11 is 0. The van der Waals surface area contributed by atoms with Gasteiger partial charge in [-0.25, -0.2) is 0 Å². The number of carbonyl (C=O) groups excluding carboxylic acids is 1. The van der Waals surface area contributed by atoms with E-state index in [1.54, 1.807) is 6.92 Å². The van der Waals surface area contributed by atoms with Gasteiger partial charge in [0.2, 0.25) is 5.91 Å². The molecule has 0 aromatic heterocycles. The Bertz CT molecular complexity index is 241. The van der Waals surface area contributed by atoms with Gasteiger partial charge in [-0.05, 0) is 32.2 Å². The lowest BCUT2D eigenvalue weighted by Crippen LogP contribution is -2.48. The topological polar surface area (TPSA) is 61.4 Å². The van der Waals surface area contributed by atoms with Gasteiger partial charge < -0.3 is 15.7 Å². The third-order valence-corrected chi connectivity index (χ3v) is 3.25. The van der Waals surface area contributed by atoms with Crippen molar-refractivity contribution >= 4 is 5.91 Å². The zero-order valence-corrected chi connectivity index (χ0v) is 10.5. The largest absolute Gasteiger partial charge is 0.388 e. The fraction of sp³-hybridized carbons (Fsp3) is 0.917.